The SMILES string of the molecule is CCC(COC)Oc1cc(C=Cc2ccc(F)cc2)cc(C(=O)O)c1. The zero-order chi connectivity index (χ0) is 18.2. The van der Waals surface area contributed by atoms with E-state index in [1.807, 2.05) is 6.92 Å². The largest absolute Gasteiger partial charge is 0.488 e. The Morgan fingerprint density at radius 3 is 2.44 bits per heavy atom. The number of carboxylic acids is 1. The number of carboxylic acid groups (broad SMARTS) is 1. The number of benzene rings is 2. The van der Waals surface area contributed by atoms with Gasteiger partial charge in [0.15, 0.2) is 0 Å². The molecule has 0 fully saturated rings. The highest BCUT2D eigenvalue weighted by atomic mass is 19.1. The Hall–Kier alpha value is -2.66. The number of halogens is 1. The van der Waals surface area contributed by atoms with E-state index in [4.69, 9.17) is 9.47 Å². The van der Waals surface area contributed by atoms with Gasteiger partial charge in [-0.25, -0.2) is 9.18 Å². The highest BCUT2D eigenvalue weighted by Gasteiger charge is 2.11. The minimum absolute atomic E-state index is 0.142. The maximum atomic E-state index is 12.9. The van der Waals surface area contributed by atoms with Crippen LogP contribution in [0.2, 0.25) is 0 Å². The van der Waals surface area contributed by atoms with Crippen molar-refractivity contribution in [1.82, 2.24) is 0 Å². The van der Waals surface area contributed by atoms with Crippen LogP contribution in [0.3, 0.4) is 0 Å². The van der Waals surface area contributed by atoms with Crippen molar-refractivity contribution in [2.45, 2.75) is 19.4 Å². The molecule has 0 heterocycles. The number of hydrogen-bond acceptors (Lipinski definition) is 3. The molecule has 2 rings (SSSR count). The molecular formula is C20H21FO4. The number of methoxy groups -OCH3 is 1. The molecule has 0 bridgehead atoms. The first kappa shape index (κ1) is 18.7. The summed E-state index contributed by atoms with van der Waals surface area (Å²) in [6.07, 6.45) is 4.15. The Labute approximate surface area is 146 Å². The second-order valence-corrected chi connectivity index (χ2v) is 5.58. The number of hydrogen-bond donors (Lipinski definition) is 1. The van der Waals surface area contributed by atoms with E-state index < -0.39 is 5.97 Å². The Morgan fingerprint density at radius 1 is 1.16 bits per heavy atom. The van der Waals surface area contributed by atoms with E-state index in [1.54, 1.807) is 43.5 Å². The second-order valence-electron chi connectivity index (χ2n) is 5.58. The van der Waals surface area contributed by atoms with Gasteiger partial charge in [0.2, 0.25) is 0 Å². The van der Waals surface area contributed by atoms with Crippen LogP contribution in [0, 0.1) is 5.82 Å². The molecule has 0 spiro atoms. The van der Waals surface area contributed by atoms with E-state index in [0.29, 0.717) is 17.9 Å². The highest BCUT2D eigenvalue weighted by molar-refractivity contribution is 5.89. The third-order valence-electron chi connectivity index (χ3n) is 3.62. The summed E-state index contributed by atoms with van der Waals surface area (Å²) in [7, 11) is 1.59. The van der Waals surface area contributed by atoms with E-state index in [0.717, 1.165) is 12.0 Å². The fourth-order valence-electron chi connectivity index (χ4n) is 2.29. The van der Waals surface area contributed by atoms with Gasteiger partial charge >= 0.3 is 5.97 Å². The molecule has 0 aliphatic carbocycles. The van der Waals surface area contributed by atoms with Crippen molar-refractivity contribution < 1.29 is 23.8 Å². The van der Waals surface area contributed by atoms with Crippen LogP contribution < -0.4 is 4.74 Å². The van der Waals surface area contributed by atoms with E-state index >= 15 is 0 Å². The molecule has 4 nitrogen and oxygen atoms in total. The Balaban J connectivity index is 2.27. The van der Waals surface area contributed by atoms with Gasteiger partial charge in [-0.3, -0.25) is 0 Å². The van der Waals surface area contributed by atoms with Crippen molar-refractivity contribution in [2.75, 3.05) is 13.7 Å². The van der Waals surface area contributed by atoms with Gasteiger partial charge < -0.3 is 14.6 Å². The van der Waals surface area contributed by atoms with Gasteiger partial charge in [-0.05, 0) is 47.9 Å². The number of ether oxygens (including phenoxy) is 2. The molecule has 132 valence electrons. The van der Waals surface area contributed by atoms with Gasteiger partial charge in [0.25, 0.3) is 0 Å². The van der Waals surface area contributed by atoms with E-state index in [2.05, 4.69) is 0 Å². The summed E-state index contributed by atoms with van der Waals surface area (Å²) in [5.41, 5.74) is 1.64. The molecule has 2 aromatic rings. The highest BCUT2D eigenvalue weighted by Crippen LogP contribution is 2.21. The van der Waals surface area contributed by atoms with Crippen LogP contribution in [0.4, 0.5) is 4.39 Å². The summed E-state index contributed by atoms with van der Waals surface area (Å²) in [6.45, 7) is 2.40. The first-order valence-electron chi connectivity index (χ1n) is 7.99. The first-order chi connectivity index (χ1) is 12.0. The van der Waals surface area contributed by atoms with Gasteiger partial charge in [-0.1, -0.05) is 31.2 Å². The van der Waals surface area contributed by atoms with Crippen LogP contribution in [0.15, 0.2) is 42.5 Å². The van der Waals surface area contributed by atoms with Crippen molar-refractivity contribution >= 4 is 18.1 Å². The molecule has 5 heteroatoms. The zero-order valence-corrected chi connectivity index (χ0v) is 14.2. The van der Waals surface area contributed by atoms with E-state index in [9.17, 15) is 14.3 Å². The third kappa shape index (κ3) is 5.72. The van der Waals surface area contributed by atoms with Crippen molar-refractivity contribution in [3.63, 3.8) is 0 Å². The predicted molar refractivity (Wildman–Crippen MR) is 95.3 cm³/mol. The lowest BCUT2D eigenvalue weighted by Crippen LogP contribution is -2.21. The summed E-state index contributed by atoms with van der Waals surface area (Å²) in [4.78, 5) is 11.4. The van der Waals surface area contributed by atoms with Gasteiger partial charge in [0.1, 0.15) is 17.7 Å². The molecular weight excluding hydrogens is 323 g/mol. The van der Waals surface area contributed by atoms with Gasteiger partial charge in [0, 0.05) is 7.11 Å². The van der Waals surface area contributed by atoms with Crippen LogP contribution in [0.5, 0.6) is 5.75 Å². The molecule has 1 N–H and O–H groups in total. The average Bonchev–Trinajstić information content (AvgIpc) is 2.60. The molecule has 1 unspecified atom stereocenters. The fraction of sp³-hybridized carbons (Fsp3) is 0.250. The van der Waals surface area contributed by atoms with Crippen LogP contribution in [0.25, 0.3) is 12.2 Å². The molecule has 0 amide bonds. The van der Waals surface area contributed by atoms with Crippen LogP contribution in [-0.2, 0) is 4.74 Å². The molecule has 0 aliphatic heterocycles. The summed E-state index contributed by atoms with van der Waals surface area (Å²) in [6, 6.07) is 10.9. The number of aromatic carboxylic acids is 1. The molecule has 1 atom stereocenters. The normalized spacial score (nSPS) is 12.3. The average molecular weight is 344 g/mol. The minimum atomic E-state index is -1.03. The summed E-state index contributed by atoms with van der Waals surface area (Å²) >= 11 is 0. The van der Waals surface area contributed by atoms with E-state index in [-0.39, 0.29) is 17.5 Å². The maximum Gasteiger partial charge on any atom is 0.335 e. The van der Waals surface area contributed by atoms with E-state index in [1.165, 1.54) is 18.2 Å². The number of rotatable bonds is 8. The standard InChI is InChI=1S/C20H21FO4/c1-3-18(13-24-2)25-19-11-15(10-16(12-19)20(22)23)5-4-14-6-8-17(21)9-7-14/h4-12,18H,3,13H2,1-2H3,(H,22,23). The van der Waals surface area contributed by atoms with Crippen molar-refractivity contribution in [3.8, 4) is 5.75 Å². The minimum Gasteiger partial charge on any atom is -0.488 e. The lowest BCUT2D eigenvalue weighted by molar-refractivity contribution is 0.0691. The monoisotopic (exact) mass is 344 g/mol. The molecule has 2 aromatic carbocycles. The van der Waals surface area contributed by atoms with Crippen LogP contribution in [-0.4, -0.2) is 30.9 Å². The first-order valence-corrected chi connectivity index (χ1v) is 7.99. The molecule has 0 aromatic heterocycles. The third-order valence-corrected chi connectivity index (χ3v) is 3.62. The number of carbonyl (C=O) groups is 1. The summed E-state index contributed by atoms with van der Waals surface area (Å²) in [5.74, 6) is -0.853. The molecule has 0 saturated heterocycles. The fourth-order valence-corrected chi connectivity index (χ4v) is 2.29. The molecule has 25 heavy (non-hydrogen) atoms. The lowest BCUT2D eigenvalue weighted by atomic mass is 10.1. The molecule has 0 radical (unpaired) electrons. The van der Waals surface area contributed by atoms with Crippen LogP contribution in [0.1, 0.15) is 34.8 Å². The van der Waals surface area contributed by atoms with Crippen molar-refractivity contribution in [1.29, 1.82) is 0 Å². The maximum absolute atomic E-state index is 12.9. The van der Waals surface area contributed by atoms with Crippen molar-refractivity contribution in [2.24, 2.45) is 0 Å². The van der Waals surface area contributed by atoms with Gasteiger partial charge in [-0.2, -0.15) is 0 Å². The molecule has 0 saturated carbocycles. The zero-order valence-electron chi connectivity index (χ0n) is 14.2. The van der Waals surface area contributed by atoms with Gasteiger partial charge in [0.05, 0.1) is 12.2 Å². The van der Waals surface area contributed by atoms with Crippen LogP contribution >= 0.6 is 0 Å². The predicted octanol–water partition coefficient (Wildman–Crippen LogP) is 4.50. The quantitative estimate of drug-likeness (QED) is 0.717. The smallest absolute Gasteiger partial charge is 0.335 e. The van der Waals surface area contributed by atoms with Crippen molar-refractivity contribution in [3.05, 3.63) is 65.0 Å². The Bertz CT molecular complexity index is 738. The lowest BCUT2D eigenvalue weighted by Gasteiger charge is -2.17. The summed E-state index contributed by atoms with van der Waals surface area (Å²) < 4.78 is 23.9. The van der Waals surface area contributed by atoms with Gasteiger partial charge in [-0.15, -0.1) is 0 Å². The second kappa shape index (κ2) is 8.99. The topological polar surface area (TPSA) is 55.8 Å². The Kier molecular flexibility index (Phi) is 6.71. The molecule has 0 aliphatic rings. The Morgan fingerprint density at radius 2 is 1.84 bits per heavy atom. The summed E-state index contributed by atoms with van der Waals surface area (Å²) in [5, 5.41) is 9.30.